The molecule has 0 heterocycles. The minimum absolute atomic E-state index is 0.374. The Morgan fingerprint density at radius 3 is 2.06 bits per heavy atom. The van der Waals surface area contributed by atoms with Crippen molar-refractivity contribution < 1.29 is 30.7 Å². The molecule has 0 saturated heterocycles. The van der Waals surface area contributed by atoms with Gasteiger partial charge in [-0.2, -0.15) is 26.3 Å². The molecule has 0 fully saturated rings. The van der Waals surface area contributed by atoms with Crippen LogP contribution in [0.15, 0.2) is 18.2 Å². The van der Waals surface area contributed by atoms with Crippen molar-refractivity contribution in [3.05, 3.63) is 35.1 Å². The Kier molecular flexibility index (Phi) is 3.89. The van der Waals surface area contributed by atoms with E-state index in [0.29, 0.717) is 18.2 Å². The molecule has 1 rings (SSSR count). The molecule has 2 N–H and O–H groups in total. The van der Waals surface area contributed by atoms with Crippen LogP contribution in [0, 0.1) is 5.82 Å². The highest BCUT2D eigenvalue weighted by atomic mass is 19.4. The molecule has 0 radical (unpaired) electrons. The average Bonchev–Trinajstić information content (AvgIpc) is 2.12. The monoisotopic (exact) mass is 275 g/mol. The van der Waals surface area contributed by atoms with Crippen LogP contribution in [-0.2, 0) is 6.18 Å². The summed E-state index contributed by atoms with van der Waals surface area (Å²) in [5.74, 6) is -1.07. The third-order valence-corrected chi connectivity index (χ3v) is 2.17. The molecule has 0 bridgehead atoms. The van der Waals surface area contributed by atoms with Gasteiger partial charge in [-0.15, -0.1) is 0 Å². The van der Waals surface area contributed by atoms with Crippen molar-refractivity contribution in [2.24, 2.45) is 5.73 Å². The largest absolute Gasteiger partial charge is 0.416 e. The Hall–Kier alpha value is -1.31. The smallest absolute Gasteiger partial charge is 0.324 e. The Morgan fingerprint density at radius 1 is 1.06 bits per heavy atom. The standard InChI is InChI=1S/C10H8F7N/c11-5-1-2-7(10(15,16)17)6(3-5)8(18)4-9(12,13)14/h1-3,8H,4,18H2/t8-/m1/s1. The molecule has 0 aliphatic heterocycles. The summed E-state index contributed by atoms with van der Waals surface area (Å²) in [6, 6.07) is -0.690. The Balaban J connectivity index is 3.17. The number of benzene rings is 1. The van der Waals surface area contributed by atoms with Crippen LogP contribution in [0.2, 0.25) is 0 Å². The molecule has 1 aromatic rings. The highest BCUT2D eigenvalue weighted by molar-refractivity contribution is 5.33. The van der Waals surface area contributed by atoms with Crippen molar-refractivity contribution in [2.75, 3.05) is 0 Å². The predicted octanol–water partition coefficient (Wildman–Crippen LogP) is 3.80. The number of hydrogen-bond acceptors (Lipinski definition) is 1. The van der Waals surface area contributed by atoms with E-state index < -0.39 is 41.8 Å². The maximum Gasteiger partial charge on any atom is 0.416 e. The molecule has 0 aromatic heterocycles. The van der Waals surface area contributed by atoms with Crippen LogP contribution >= 0.6 is 0 Å². The van der Waals surface area contributed by atoms with E-state index in [1.54, 1.807) is 0 Å². The fraction of sp³-hybridized carbons (Fsp3) is 0.400. The zero-order valence-corrected chi connectivity index (χ0v) is 8.74. The molecule has 1 aromatic carbocycles. The summed E-state index contributed by atoms with van der Waals surface area (Å²) in [5, 5.41) is 0. The van der Waals surface area contributed by atoms with Gasteiger partial charge in [-0.05, 0) is 23.8 Å². The van der Waals surface area contributed by atoms with Crippen LogP contribution in [0.4, 0.5) is 30.7 Å². The number of alkyl halides is 6. The second-order valence-electron chi connectivity index (χ2n) is 3.66. The summed E-state index contributed by atoms with van der Waals surface area (Å²) in [4.78, 5) is 0. The Bertz CT molecular complexity index is 421. The van der Waals surface area contributed by atoms with Crippen LogP contribution in [0.1, 0.15) is 23.6 Å². The van der Waals surface area contributed by atoms with Gasteiger partial charge < -0.3 is 5.73 Å². The summed E-state index contributed by atoms with van der Waals surface area (Å²) in [5.41, 5.74) is 2.80. The molecule has 1 atom stereocenters. The lowest BCUT2D eigenvalue weighted by Crippen LogP contribution is -2.23. The highest BCUT2D eigenvalue weighted by Crippen LogP contribution is 2.37. The van der Waals surface area contributed by atoms with Crippen molar-refractivity contribution >= 4 is 0 Å². The van der Waals surface area contributed by atoms with Crippen LogP contribution < -0.4 is 5.73 Å². The van der Waals surface area contributed by atoms with Gasteiger partial charge >= 0.3 is 12.4 Å². The zero-order chi connectivity index (χ0) is 14.1. The van der Waals surface area contributed by atoms with Gasteiger partial charge in [-0.1, -0.05) is 0 Å². The first-order valence-corrected chi connectivity index (χ1v) is 4.69. The maximum atomic E-state index is 12.8. The lowest BCUT2D eigenvalue weighted by molar-refractivity contribution is -0.144. The molecule has 102 valence electrons. The number of rotatable bonds is 2. The number of halogens is 7. The lowest BCUT2D eigenvalue weighted by atomic mass is 9.98. The first-order valence-electron chi connectivity index (χ1n) is 4.69. The van der Waals surface area contributed by atoms with Gasteiger partial charge in [0.25, 0.3) is 0 Å². The Labute approximate surface area is 97.4 Å². The summed E-state index contributed by atoms with van der Waals surface area (Å²) in [6.07, 6.45) is -11.3. The topological polar surface area (TPSA) is 26.0 Å². The molecule has 8 heteroatoms. The van der Waals surface area contributed by atoms with E-state index >= 15 is 0 Å². The maximum absolute atomic E-state index is 12.8. The van der Waals surface area contributed by atoms with E-state index in [2.05, 4.69) is 0 Å². The van der Waals surface area contributed by atoms with Gasteiger partial charge in [0, 0.05) is 6.04 Å². The molecular weight excluding hydrogens is 267 g/mol. The third-order valence-electron chi connectivity index (χ3n) is 2.17. The van der Waals surface area contributed by atoms with E-state index in [4.69, 9.17) is 5.73 Å². The van der Waals surface area contributed by atoms with Gasteiger partial charge in [0.2, 0.25) is 0 Å². The predicted molar refractivity (Wildman–Crippen MR) is 49.0 cm³/mol. The third kappa shape index (κ3) is 3.86. The van der Waals surface area contributed by atoms with E-state index in [9.17, 15) is 30.7 Å². The lowest BCUT2D eigenvalue weighted by Gasteiger charge is -2.19. The van der Waals surface area contributed by atoms with Gasteiger partial charge in [0.05, 0.1) is 12.0 Å². The summed E-state index contributed by atoms with van der Waals surface area (Å²) < 4.78 is 86.6. The summed E-state index contributed by atoms with van der Waals surface area (Å²) in [6.45, 7) is 0. The minimum Gasteiger partial charge on any atom is -0.324 e. The van der Waals surface area contributed by atoms with E-state index in [1.807, 2.05) is 0 Å². The molecular formula is C10H8F7N. The van der Waals surface area contributed by atoms with Crippen molar-refractivity contribution in [1.29, 1.82) is 0 Å². The van der Waals surface area contributed by atoms with E-state index in [-0.39, 0.29) is 0 Å². The molecule has 0 spiro atoms. The molecule has 0 amide bonds. The van der Waals surface area contributed by atoms with Crippen molar-refractivity contribution in [3.63, 3.8) is 0 Å². The van der Waals surface area contributed by atoms with Crippen LogP contribution in [0.5, 0.6) is 0 Å². The van der Waals surface area contributed by atoms with Gasteiger partial charge in [-0.3, -0.25) is 0 Å². The molecule has 1 nitrogen and oxygen atoms in total. The highest BCUT2D eigenvalue weighted by Gasteiger charge is 2.38. The van der Waals surface area contributed by atoms with Gasteiger partial charge in [0.1, 0.15) is 5.82 Å². The fourth-order valence-corrected chi connectivity index (χ4v) is 1.46. The second-order valence-corrected chi connectivity index (χ2v) is 3.66. The fourth-order valence-electron chi connectivity index (χ4n) is 1.46. The number of hydrogen-bond donors (Lipinski definition) is 1. The molecule has 0 aliphatic rings. The van der Waals surface area contributed by atoms with E-state index in [0.717, 1.165) is 0 Å². The zero-order valence-electron chi connectivity index (χ0n) is 8.74. The van der Waals surface area contributed by atoms with Gasteiger partial charge in [0.15, 0.2) is 0 Å². The Morgan fingerprint density at radius 2 is 1.61 bits per heavy atom. The van der Waals surface area contributed by atoms with Crippen molar-refractivity contribution in [3.8, 4) is 0 Å². The second kappa shape index (κ2) is 4.75. The van der Waals surface area contributed by atoms with E-state index in [1.165, 1.54) is 0 Å². The molecule has 18 heavy (non-hydrogen) atoms. The van der Waals surface area contributed by atoms with Crippen molar-refractivity contribution in [2.45, 2.75) is 24.8 Å². The minimum atomic E-state index is -4.88. The number of nitrogens with two attached hydrogens (primary N) is 1. The first kappa shape index (κ1) is 14.7. The molecule has 0 saturated carbocycles. The normalized spacial score (nSPS) is 14.7. The quantitative estimate of drug-likeness (QED) is 0.816. The SMILES string of the molecule is N[C@H](CC(F)(F)F)c1cc(F)ccc1C(F)(F)F. The summed E-state index contributed by atoms with van der Waals surface area (Å²) in [7, 11) is 0. The van der Waals surface area contributed by atoms with Crippen LogP contribution in [0.3, 0.4) is 0 Å². The van der Waals surface area contributed by atoms with Crippen LogP contribution in [0.25, 0.3) is 0 Å². The average molecular weight is 275 g/mol. The van der Waals surface area contributed by atoms with Gasteiger partial charge in [-0.25, -0.2) is 4.39 Å². The summed E-state index contributed by atoms with van der Waals surface area (Å²) >= 11 is 0. The molecule has 0 unspecified atom stereocenters. The first-order chi connectivity index (χ1) is 8.00. The molecule has 0 aliphatic carbocycles. The van der Waals surface area contributed by atoms with Crippen molar-refractivity contribution in [1.82, 2.24) is 0 Å². The van der Waals surface area contributed by atoms with Crippen LogP contribution in [-0.4, -0.2) is 6.18 Å².